The molecule has 0 saturated carbocycles. The molecule has 6 nitrogen and oxygen atoms in total. The van der Waals surface area contributed by atoms with Gasteiger partial charge in [0.25, 0.3) is 11.5 Å². The summed E-state index contributed by atoms with van der Waals surface area (Å²) in [6.45, 7) is 1.94. The minimum absolute atomic E-state index is 0.192. The summed E-state index contributed by atoms with van der Waals surface area (Å²) in [6.07, 6.45) is 0. The molecule has 0 spiro atoms. The van der Waals surface area contributed by atoms with Crippen LogP contribution in [-0.4, -0.2) is 20.7 Å². The Hall–Kier alpha value is -2.54. The molecule has 0 bridgehead atoms. The van der Waals surface area contributed by atoms with Gasteiger partial charge in [-0.1, -0.05) is 0 Å². The van der Waals surface area contributed by atoms with Crippen LogP contribution in [0.3, 0.4) is 0 Å². The van der Waals surface area contributed by atoms with Gasteiger partial charge in [-0.3, -0.25) is 9.59 Å². The zero-order chi connectivity index (χ0) is 15.0. The molecule has 106 valence electrons. The van der Waals surface area contributed by atoms with Crippen LogP contribution in [0.1, 0.15) is 15.5 Å². The molecule has 0 radical (unpaired) electrons. The van der Waals surface area contributed by atoms with Gasteiger partial charge in [0.2, 0.25) is 0 Å². The predicted octanol–water partition coefficient (Wildman–Crippen LogP) is 1.95. The quantitative estimate of drug-likeness (QED) is 0.784. The Balaban J connectivity index is 1.88. The van der Waals surface area contributed by atoms with Crippen LogP contribution in [0.4, 0.5) is 5.69 Å². The second-order valence-corrected chi connectivity index (χ2v) is 5.78. The van der Waals surface area contributed by atoms with Gasteiger partial charge in [-0.05, 0) is 31.2 Å². The first-order valence-electron chi connectivity index (χ1n) is 6.26. The number of anilines is 1. The van der Waals surface area contributed by atoms with Gasteiger partial charge in [0, 0.05) is 18.8 Å². The first-order valence-corrected chi connectivity index (χ1v) is 7.07. The Kier molecular flexibility index (Phi) is 3.26. The van der Waals surface area contributed by atoms with Crippen molar-refractivity contribution >= 4 is 33.1 Å². The van der Waals surface area contributed by atoms with Gasteiger partial charge in [0.1, 0.15) is 5.69 Å². The van der Waals surface area contributed by atoms with Crippen LogP contribution in [0.15, 0.2) is 35.1 Å². The maximum atomic E-state index is 12.1. The van der Waals surface area contributed by atoms with Crippen molar-refractivity contribution in [3.05, 3.63) is 51.4 Å². The molecule has 0 atom stereocenters. The number of rotatable bonds is 2. The van der Waals surface area contributed by atoms with Crippen molar-refractivity contribution in [3.8, 4) is 0 Å². The third-order valence-corrected chi connectivity index (χ3v) is 3.88. The lowest BCUT2D eigenvalue weighted by Gasteiger charge is -2.05. The van der Waals surface area contributed by atoms with Gasteiger partial charge in [-0.25, -0.2) is 9.67 Å². The largest absolute Gasteiger partial charge is 0.321 e. The van der Waals surface area contributed by atoms with E-state index in [1.807, 2.05) is 19.1 Å². The number of aromatic nitrogens is 3. The highest BCUT2D eigenvalue weighted by molar-refractivity contribution is 7.18. The second kappa shape index (κ2) is 5.10. The fraction of sp³-hybridized carbons (Fsp3) is 0.143. The number of carbonyl (C=O) groups is 1. The zero-order valence-corrected chi connectivity index (χ0v) is 12.3. The van der Waals surface area contributed by atoms with Crippen LogP contribution < -0.4 is 10.9 Å². The molecule has 2 heterocycles. The number of aryl methyl sites for hydroxylation is 2. The van der Waals surface area contributed by atoms with Crippen LogP contribution in [0.2, 0.25) is 0 Å². The number of carbonyl (C=O) groups excluding carboxylic acids is 1. The number of hydrogen-bond acceptors (Lipinski definition) is 5. The molecule has 2 aromatic heterocycles. The van der Waals surface area contributed by atoms with E-state index in [9.17, 15) is 9.59 Å². The Morgan fingerprint density at radius 3 is 2.86 bits per heavy atom. The molecule has 3 rings (SSSR count). The molecule has 0 fully saturated rings. The molecule has 1 aromatic carbocycles. The molecule has 0 aliphatic rings. The first kappa shape index (κ1) is 13.4. The van der Waals surface area contributed by atoms with Crippen LogP contribution >= 0.6 is 11.3 Å². The van der Waals surface area contributed by atoms with E-state index < -0.39 is 0 Å². The van der Waals surface area contributed by atoms with Crippen molar-refractivity contribution in [2.75, 3.05) is 5.32 Å². The van der Waals surface area contributed by atoms with E-state index in [4.69, 9.17) is 0 Å². The van der Waals surface area contributed by atoms with Gasteiger partial charge in [-0.2, -0.15) is 5.10 Å². The molecule has 0 saturated heterocycles. The Morgan fingerprint density at radius 2 is 2.10 bits per heavy atom. The third kappa shape index (κ3) is 2.68. The Morgan fingerprint density at radius 1 is 1.29 bits per heavy atom. The van der Waals surface area contributed by atoms with E-state index in [1.165, 1.54) is 19.2 Å². The molecule has 0 aliphatic carbocycles. The Labute approximate surface area is 124 Å². The SMILES string of the molecule is Cc1nc2ccc(NC(=O)c3ccc(=O)n(C)n3)cc2s1. The Bertz CT molecular complexity index is 897. The zero-order valence-electron chi connectivity index (χ0n) is 11.5. The van der Waals surface area contributed by atoms with Gasteiger partial charge < -0.3 is 5.32 Å². The molecule has 7 heteroatoms. The molecular formula is C14H12N4O2S. The summed E-state index contributed by atoms with van der Waals surface area (Å²) in [5.41, 5.74) is 1.52. The maximum Gasteiger partial charge on any atom is 0.276 e. The van der Waals surface area contributed by atoms with Crippen LogP contribution in [0.5, 0.6) is 0 Å². The highest BCUT2D eigenvalue weighted by Crippen LogP contribution is 2.24. The highest BCUT2D eigenvalue weighted by atomic mass is 32.1. The molecule has 1 amide bonds. The summed E-state index contributed by atoms with van der Waals surface area (Å²) in [5, 5.41) is 7.67. The van der Waals surface area contributed by atoms with E-state index >= 15 is 0 Å². The summed E-state index contributed by atoms with van der Waals surface area (Å²) in [7, 11) is 1.51. The summed E-state index contributed by atoms with van der Waals surface area (Å²) in [5.74, 6) is -0.355. The van der Waals surface area contributed by atoms with E-state index in [1.54, 1.807) is 17.4 Å². The lowest BCUT2D eigenvalue weighted by molar-refractivity contribution is 0.102. The number of benzene rings is 1. The molecule has 0 unspecified atom stereocenters. The van der Waals surface area contributed by atoms with Crippen LogP contribution in [0.25, 0.3) is 10.2 Å². The fourth-order valence-corrected chi connectivity index (χ4v) is 2.80. The number of amides is 1. The normalized spacial score (nSPS) is 10.8. The van der Waals surface area contributed by atoms with E-state index in [2.05, 4.69) is 15.4 Å². The topological polar surface area (TPSA) is 76.9 Å². The van der Waals surface area contributed by atoms with Crippen molar-refractivity contribution in [3.63, 3.8) is 0 Å². The third-order valence-electron chi connectivity index (χ3n) is 2.95. The molecule has 3 aromatic rings. The summed E-state index contributed by atoms with van der Waals surface area (Å²) in [4.78, 5) is 27.8. The van der Waals surface area contributed by atoms with Crippen LogP contribution in [0, 0.1) is 6.92 Å². The minimum atomic E-state index is -0.355. The average molecular weight is 300 g/mol. The number of nitrogens with zero attached hydrogens (tertiary/aromatic N) is 3. The number of fused-ring (bicyclic) bond motifs is 1. The summed E-state index contributed by atoms with van der Waals surface area (Å²) < 4.78 is 2.14. The highest BCUT2D eigenvalue weighted by Gasteiger charge is 2.10. The molecular weight excluding hydrogens is 288 g/mol. The first-order chi connectivity index (χ1) is 10.0. The number of hydrogen-bond donors (Lipinski definition) is 1. The molecule has 1 N–H and O–H groups in total. The average Bonchev–Trinajstić information content (AvgIpc) is 2.81. The second-order valence-electron chi connectivity index (χ2n) is 4.55. The van der Waals surface area contributed by atoms with Crippen molar-refractivity contribution in [1.29, 1.82) is 0 Å². The van der Waals surface area contributed by atoms with Crippen LogP contribution in [-0.2, 0) is 7.05 Å². The van der Waals surface area contributed by atoms with E-state index in [0.29, 0.717) is 5.69 Å². The smallest absolute Gasteiger partial charge is 0.276 e. The number of thiazole rings is 1. The summed E-state index contributed by atoms with van der Waals surface area (Å²) >= 11 is 1.57. The molecule has 21 heavy (non-hydrogen) atoms. The lowest BCUT2D eigenvalue weighted by atomic mass is 10.3. The fourth-order valence-electron chi connectivity index (χ4n) is 1.94. The minimum Gasteiger partial charge on any atom is -0.321 e. The maximum absolute atomic E-state index is 12.1. The molecule has 0 aliphatic heterocycles. The predicted molar refractivity (Wildman–Crippen MR) is 81.8 cm³/mol. The van der Waals surface area contributed by atoms with Gasteiger partial charge in [0.15, 0.2) is 0 Å². The van der Waals surface area contributed by atoms with Crippen molar-refractivity contribution in [2.45, 2.75) is 6.92 Å². The van der Waals surface area contributed by atoms with Gasteiger partial charge in [-0.15, -0.1) is 11.3 Å². The van der Waals surface area contributed by atoms with E-state index in [-0.39, 0.29) is 17.2 Å². The van der Waals surface area contributed by atoms with Crippen molar-refractivity contribution < 1.29 is 4.79 Å². The van der Waals surface area contributed by atoms with Crippen molar-refractivity contribution in [2.24, 2.45) is 7.05 Å². The summed E-state index contributed by atoms with van der Waals surface area (Å²) in [6, 6.07) is 8.26. The van der Waals surface area contributed by atoms with Crippen molar-refractivity contribution in [1.82, 2.24) is 14.8 Å². The standard InChI is InChI=1S/C14H12N4O2S/c1-8-15-10-4-3-9(7-12(10)21-8)16-14(20)11-5-6-13(19)18(2)17-11/h3-7H,1-2H3,(H,16,20). The number of nitrogens with one attached hydrogen (secondary N) is 1. The van der Waals surface area contributed by atoms with Gasteiger partial charge in [0.05, 0.1) is 15.2 Å². The van der Waals surface area contributed by atoms with E-state index in [0.717, 1.165) is 19.9 Å². The lowest BCUT2D eigenvalue weighted by Crippen LogP contribution is -2.23. The van der Waals surface area contributed by atoms with Gasteiger partial charge >= 0.3 is 0 Å². The monoisotopic (exact) mass is 300 g/mol.